The van der Waals surface area contributed by atoms with Crippen molar-refractivity contribution < 1.29 is 8.42 Å². The fraction of sp³-hybridized carbons (Fsp3) is 0.625. The maximum absolute atomic E-state index is 11.7. The molecule has 1 heterocycles. The highest BCUT2D eigenvalue weighted by Crippen LogP contribution is 2.41. The second-order valence-corrected chi connectivity index (χ2v) is 8.37. The Morgan fingerprint density at radius 3 is 2.70 bits per heavy atom. The van der Waals surface area contributed by atoms with Crippen molar-refractivity contribution in [2.45, 2.75) is 38.1 Å². The van der Waals surface area contributed by atoms with Crippen LogP contribution in [0.4, 0.5) is 0 Å². The van der Waals surface area contributed by atoms with Crippen LogP contribution in [0.25, 0.3) is 0 Å². The molecular weight excluding hydrogens is 270 g/mol. The highest BCUT2D eigenvalue weighted by Gasteiger charge is 2.34. The maximum Gasteiger partial charge on any atom is 0.150 e. The Morgan fingerprint density at radius 2 is 2.10 bits per heavy atom. The first-order valence-electron chi connectivity index (χ1n) is 7.63. The number of hydrogen-bond acceptors (Lipinski definition) is 3. The highest BCUT2D eigenvalue weighted by molar-refractivity contribution is 7.91. The molecule has 1 aliphatic heterocycles. The number of hydrogen-bond donors (Lipinski definition) is 1. The molecule has 0 aromatic heterocycles. The van der Waals surface area contributed by atoms with E-state index in [0.29, 0.717) is 11.5 Å². The molecule has 2 aliphatic rings. The topological polar surface area (TPSA) is 46.2 Å². The van der Waals surface area contributed by atoms with Crippen LogP contribution in [0.3, 0.4) is 0 Å². The summed E-state index contributed by atoms with van der Waals surface area (Å²) >= 11 is 0. The molecule has 1 aromatic carbocycles. The smallest absolute Gasteiger partial charge is 0.150 e. The summed E-state index contributed by atoms with van der Waals surface area (Å²) < 4.78 is 23.5. The molecule has 2 fully saturated rings. The third-order valence-corrected chi connectivity index (χ3v) is 6.28. The van der Waals surface area contributed by atoms with Gasteiger partial charge in [0.15, 0.2) is 9.84 Å². The third-order valence-electron chi connectivity index (χ3n) is 4.48. The molecule has 1 N–H and O–H groups in total. The molecular formula is C16H23NO2S. The molecule has 0 amide bonds. The molecule has 110 valence electrons. The normalized spacial score (nSPS) is 26.6. The SMILES string of the molecule is CCNC(c1cccc(C2CC2)c1)C1CCS(=O)(=O)C1. The van der Waals surface area contributed by atoms with Gasteiger partial charge >= 0.3 is 0 Å². The number of sulfone groups is 1. The molecule has 2 atom stereocenters. The Hall–Kier alpha value is -0.870. The predicted molar refractivity (Wildman–Crippen MR) is 81.6 cm³/mol. The molecule has 20 heavy (non-hydrogen) atoms. The van der Waals surface area contributed by atoms with E-state index >= 15 is 0 Å². The summed E-state index contributed by atoms with van der Waals surface area (Å²) in [5.41, 5.74) is 2.68. The Kier molecular flexibility index (Phi) is 3.87. The molecule has 1 saturated carbocycles. The van der Waals surface area contributed by atoms with Crippen LogP contribution in [0.5, 0.6) is 0 Å². The minimum Gasteiger partial charge on any atom is -0.310 e. The second-order valence-electron chi connectivity index (χ2n) is 6.14. The summed E-state index contributed by atoms with van der Waals surface area (Å²) in [6.45, 7) is 2.95. The lowest BCUT2D eigenvalue weighted by molar-refractivity contribution is 0.400. The molecule has 0 spiro atoms. The fourth-order valence-corrected chi connectivity index (χ4v) is 5.13. The standard InChI is InChI=1S/C16H23NO2S/c1-2-17-16(15-8-9-20(18,19)11-15)14-5-3-4-13(10-14)12-6-7-12/h3-5,10,12,15-17H,2,6-9,11H2,1H3. The minimum atomic E-state index is -2.82. The first kappa shape index (κ1) is 14.1. The zero-order valence-corrected chi connectivity index (χ0v) is 12.8. The van der Waals surface area contributed by atoms with E-state index in [-0.39, 0.29) is 12.0 Å². The summed E-state index contributed by atoms with van der Waals surface area (Å²) in [7, 11) is -2.82. The van der Waals surface area contributed by atoms with Crippen molar-refractivity contribution >= 4 is 9.84 Å². The first-order chi connectivity index (χ1) is 9.59. The average Bonchev–Trinajstić information content (AvgIpc) is 3.21. The van der Waals surface area contributed by atoms with Gasteiger partial charge in [0, 0.05) is 6.04 Å². The van der Waals surface area contributed by atoms with Crippen molar-refractivity contribution in [1.29, 1.82) is 0 Å². The molecule has 1 aliphatic carbocycles. The van der Waals surface area contributed by atoms with Gasteiger partial charge in [-0.15, -0.1) is 0 Å². The van der Waals surface area contributed by atoms with Crippen LogP contribution < -0.4 is 5.32 Å². The number of benzene rings is 1. The zero-order valence-electron chi connectivity index (χ0n) is 12.0. The fourth-order valence-electron chi connectivity index (χ4n) is 3.29. The molecule has 1 saturated heterocycles. The van der Waals surface area contributed by atoms with Gasteiger partial charge in [-0.05, 0) is 48.8 Å². The molecule has 0 bridgehead atoms. The van der Waals surface area contributed by atoms with Crippen LogP contribution in [0, 0.1) is 5.92 Å². The van der Waals surface area contributed by atoms with E-state index in [1.807, 2.05) is 0 Å². The zero-order chi connectivity index (χ0) is 14.2. The van der Waals surface area contributed by atoms with Crippen LogP contribution in [0.1, 0.15) is 49.3 Å². The Morgan fingerprint density at radius 1 is 1.30 bits per heavy atom. The quantitative estimate of drug-likeness (QED) is 0.908. The van der Waals surface area contributed by atoms with Gasteiger partial charge in [0.05, 0.1) is 11.5 Å². The van der Waals surface area contributed by atoms with Gasteiger partial charge in [0.25, 0.3) is 0 Å². The molecule has 0 radical (unpaired) electrons. The lowest BCUT2D eigenvalue weighted by Gasteiger charge is -2.24. The summed E-state index contributed by atoms with van der Waals surface area (Å²) in [6, 6.07) is 8.93. The molecule has 3 rings (SSSR count). The van der Waals surface area contributed by atoms with Gasteiger partial charge in [0.2, 0.25) is 0 Å². The monoisotopic (exact) mass is 293 g/mol. The minimum absolute atomic E-state index is 0.177. The Balaban J connectivity index is 1.84. The number of nitrogens with one attached hydrogen (secondary N) is 1. The van der Waals surface area contributed by atoms with Gasteiger partial charge in [-0.3, -0.25) is 0 Å². The van der Waals surface area contributed by atoms with Gasteiger partial charge in [-0.2, -0.15) is 0 Å². The molecule has 2 unspecified atom stereocenters. The van der Waals surface area contributed by atoms with E-state index in [2.05, 4.69) is 36.5 Å². The van der Waals surface area contributed by atoms with Gasteiger partial charge in [-0.1, -0.05) is 31.2 Å². The van der Waals surface area contributed by atoms with Crippen LogP contribution in [0.2, 0.25) is 0 Å². The van der Waals surface area contributed by atoms with Crippen LogP contribution in [0.15, 0.2) is 24.3 Å². The second kappa shape index (κ2) is 5.49. The van der Waals surface area contributed by atoms with Crippen LogP contribution in [-0.2, 0) is 9.84 Å². The van der Waals surface area contributed by atoms with E-state index in [1.165, 1.54) is 24.0 Å². The summed E-state index contributed by atoms with van der Waals surface area (Å²) in [4.78, 5) is 0. The van der Waals surface area contributed by atoms with Crippen LogP contribution >= 0.6 is 0 Å². The van der Waals surface area contributed by atoms with Crippen molar-refractivity contribution in [1.82, 2.24) is 5.32 Å². The lowest BCUT2D eigenvalue weighted by Crippen LogP contribution is -2.29. The Bertz CT molecular complexity index is 578. The summed E-state index contributed by atoms with van der Waals surface area (Å²) in [6.07, 6.45) is 3.38. The molecule has 3 nitrogen and oxygen atoms in total. The van der Waals surface area contributed by atoms with Crippen LogP contribution in [-0.4, -0.2) is 26.5 Å². The Labute approximate surface area is 121 Å². The van der Waals surface area contributed by atoms with Gasteiger partial charge in [-0.25, -0.2) is 8.42 Å². The van der Waals surface area contributed by atoms with Crippen molar-refractivity contribution in [2.24, 2.45) is 5.92 Å². The predicted octanol–water partition coefficient (Wildman–Crippen LogP) is 2.65. The molecule has 1 aromatic rings. The highest BCUT2D eigenvalue weighted by atomic mass is 32.2. The van der Waals surface area contributed by atoms with E-state index in [9.17, 15) is 8.42 Å². The van der Waals surface area contributed by atoms with Crippen molar-refractivity contribution in [2.75, 3.05) is 18.1 Å². The number of rotatable bonds is 5. The first-order valence-corrected chi connectivity index (χ1v) is 9.45. The van der Waals surface area contributed by atoms with Crippen molar-refractivity contribution in [3.8, 4) is 0 Å². The summed E-state index contributed by atoms with van der Waals surface area (Å²) in [5, 5.41) is 3.50. The molecule has 4 heteroatoms. The largest absolute Gasteiger partial charge is 0.310 e. The van der Waals surface area contributed by atoms with E-state index < -0.39 is 9.84 Å². The van der Waals surface area contributed by atoms with Crippen molar-refractivity contribution in [3.63, 3.8) is 0 Å². The average molecular weight is 293 g/mol. The van der Waals surface area contributed by atoms with Gasteiger partial charge in [0.1, 0.15) is 0 Å². The van der Waals surface area contributed by atoms with E-state index in [1.54, 1.807) is 0 Å². The van der Waals surface area contributed by atoms with Crippen molar-refractivity contribution in [3.05, 3.63) is 35.4 Å². The summed E-state index contributed by atoms with van der Waals surface area (Å²) in [5.74, 6) is 1.64. The third kappa shape index (κ3) is 3.07. The van der Waals surface area contributed by atoms with E-state index in [0.717, 1.165) is 18.9 Å². The van der Waals surface area contributed by atoms with E-state index in [4.69, 9.17) is 0 Å². The van der Waals surface area contributed by atoms with Gasteiger partial charge < -0.3 is 5.32 Å². The maximum atomic E-state index is 11.7. The lowest BCUT2D eigenvalue weighted by atomic mass is 9.91.